The quantitative estimate of drug-likeness (QED) is 0.820. The number of rotatable bonds is 6. The zero-order valence-corrected chi connectivity index (χ0v) is 17.2. The maximum Gasteiger partial charge on any atom is 0.255 e. The van der Waals surface area contributed by atoms with Gasteiger partial charge in [0.25, 0.3) is 5.56 Å². The van der Waals surface area contributed by atoms with E-state index >= 15 is 0 Å². The molecule has 0 saturated heterocycles. The molecule has 2 aromatic heterocycles. The third-order valence-electron chi connectivity index (χ3n) is 6.26. The van der Waals surface area contributed by atoms with Crippen LogP contribution in [0.2, 0.25) is 0 Å². The topological polar surface area (TPSA) is 65.4 Å². The largest absolute Gasteiger partial charge is 0.444 e. The summed E-state index contributed by atoms with van der Waals surface area (Å²) in [6.45, 7) is 8.42. The molecular weight excluding hydrogens is 352 g/mol. The number of aromatic amines is 1. The van der Waals surface area contributed by atoms with Gasteiger partial charge in [-0.25, -0.2) is 4.98 Å². The van der Waals surface area contributed by atoms with Crippen LogP contribution in [0.3, 0.4) is 0 Å². The molecular formula is C22H32N4O2. The maximum absolute atomic E-state index is 12.7. The number of aromatic nitrogens is 2. The Kier molecular flexibility index (Phi) is 5.85. The van der Waals surface area contributed by atoms with E-state index in [1.807, 2.05) is 6.07 Å². The summed E-state index contributed by atoms with van der Waals surface area (Å²) >= 11 is 0. The molecule has 2 aromatic rings. The van der Waals surface area contributed by atoms with Crippen molar-refractivity contribution >= 4 is 5.88 Å². The molecule has 0 atom stereocenters. The first-order chi connectivity index (χ1) is 13.7. The van der Waals surface area contributed by atoms with E-state index in [1.54, 1.807) is 0 Å². The van der Waals surface area contributed by atoms with Crippen LogP contribution in [0.5, 0.6) is 0 Å². The lowest BCUT2D eigenvalue weighted by atomic mass is 9.88. The van der Waals surface area contributed by atoms with Crippen LogP contribution in [0.15, 0.2) is 21.3 Å². The van der Waals surface area contributed by atoms with E-state index in [4.69, 9.17) is 9.40 Å². The number of anilines is 1. The van der Waals surface area contributed by atoms with Gasteiger partial charge >= 0.3 is 0 Å². The second-order valence-electron chi connectivity index (χ2n) is 8.08. The lowest BCUT2D eigenvalue weighted by Crippen LogP contribution is -2.36. The summed E-state index contributed by atoms with van der Waals surface area (Å²) in [6.07, 6.45) is 6.95. The molecule has 1 saturated carbocycles. The highest BCUT2D eigenvalue weighted by molar-refractivity contribution is 5.36. The fraction of sp³-hybridized carbons (Fsp3) is 0.636. The molecule has 6 heteroatoms. The molecule has 4 rings (SSSR count). The van der Waals surface area contributed by atoms with E-state index < -0.39 is 0 Å². The van der Waals surface area contributed by atoms with Crippen LogP contribution in [0.25, 0.3) is 0 Å². The van der Waals surface area contributed by atoms with Gasteiger partial charge in [0.15, 0.2) is 5.88 Å². The number of hydrogen-bond acceptors (Lipinski definition) is 5. The summed E-state index contributed by atoms with van der Waals surface area (Å²) in [5, 5.41) is 0. The fourth-order valence-corrected chi connectivity index (χ4v) is 4.58. The molecule has 0 aromatic carbocycles. The van der Waals surface area contributed by atoms with Gasteiger partial charge in [-0.3, -0.25) is 9.69 Å². The molecule has 1 fully saturated rings. The van der Waals surface area contributed by atoms with Crippen molar-refractivity contribution < 1.29 is 4.42 Å². The average Bonchev–Trinajstić information content (AvgIpc) is 3.18. The van der Waals surface area contributed by atoms with Crippen molar-refractivity contribution in [2.24, 2.45) is 0 Å². The van der Waals surface area contributed by atoms with Crippen LogP contribution < -0.4 is 10.5 Å². The van der Waals surface area contributed by atoms with E-state index in [-0.39, 0.29) is 5.56 Å². The van der Waals surface area contributed by atoms with Crippen LogP contribution in [0.4, 0.5) is 5.88 Å². The zero-order chi connectivity index (χ0) is 19.5. The van der Waals surface area contributed by atoms with Crippen LogP contribution in [0.1, 0.15) is 74.7 Å². The highest BCUT2D eigenvalue weighted by atomic mass is 16.4. The molecule has 6 nitrogen and oxygen atoms in total. The number of hydrogen-bond donors (Lipinski definition) is 1. The molecule has 1 aliphatic carbocycles. The maximum atomic E-state index is 12.7. The van der Waals surface area contributed by atoms with Crippen LogP contribution in [-0.2, 0) is 19.5 Å². The Bertz CT molecular complexity index is 846. The Morgan fingerprint density at radius 1 is 1.21 bits per heavy atom. The normalized spacial score (nSPS) is 18.2. The van der Waals surface area contributed by atoms with Crippen molar-refractivity contribution in [1.29, 1.82) is 0 Å². The summed E-state index contributed by atoms with van der Waals surface area (Å²) in [6, 6.07) is 4.10. The Hall–Kier alpha value is -2.08. The predicted octanol–water partition coefficient (Wildman–Crippen LogP) is 3.82. The molecule has 0 amide bonds. The third-order valence-corrected chi connectivity index (χ3v) is 6.26. The van der Waals surface area contributed by atoms with Crippen molar-refractivity contribution in [2.75, 3.05) is 24.5 Å². The number of H-pyrrole nitrogens is 1. The van der Waals surface area contributed by atoms with Gasteiger partial charge in [-0.2, -0.15) is 0 Å². The first-order valence-electron chi connectivity index (χ1n) is 10.9. The number of nitrogens with zero attached hydrogens (tertiary/aromatic N) is 3. The van der Waals surface area contributed by atoms with E-state index in [1.165, 1.54) is 19.3 Å². The zero-order valence-electron chi connectivity index (χ0n) is 17.2. The lowest BCUT2D eigenvalue weighted by molar-refractivity contribution is 0.222. The summed E-state index contributed by atoms with van der Waals surface area (Å²) in [7, 11) is 0. The summed E-state index contributed by atoms with van der Waals surface area (Å²) in [5.74, 6) is 3.24. The van der Waals surface area contributed by atoms with Gasteiger partial charge in [-0.1, -0.05) is 19.3 Å². The minimum atomic E-state index is 0.0542. The first-order valence-corrected chi connectivity index (χ1v) is 10.9. The van der Waals surface area contributed by atoms with Gasteiger partial charge in [-0.15, -0.1) is 0 Å². The van der Waals surface area contributed by atoms with Crippen LogP contribution >= 0.6 is 0 Å². The first kappa shape index (κ1) is 19.2. The lowest BCUT2D eigenvalue weighted by Gasteiger charge is -2.28. The molecule has 152 valence electrons. The van der Waals surface area contributed by atoms with Crippen molar-refractivity contribution in [3.8, 4) is 0 Å². The van der Waals surface area contributed by atoms with Gasteiger partial charge in [0.05, 0.1) is 17.8 Å². The predicted molar refractivity (Wildman–Crippen MR) is 111 cm³/mol. The van der Waals surface area contributed by atoms with Crippen LogP contribution in [-0.4, -0.2) is 34.5 Å². The van der Waals surface area contributed by atoms with Gasteiger partial charge in [-0.05, 0) is 32.8 Å². The molecule has 0 bridgehead atoms. The van der Waals surface area contributed by atoms with Gasteiger partial charge in [0.1, 0.15) is 11.6 Å². The standard InChI is InChI=1S/C22H32N4O2/c1-3-26(4-2)20-11-10-17(28-20)14-25-13-12-19-18(15-25)22(27)24-21(23-19)16-8-6-5-7-9-16/h10-11,16H,3-9,12-15H2,1-2H3,(H,23,24,27). The van der Waals surface area contributed by atoms with Crippen molar-refractivity contribution in [3.05, 3.63) is 45.3 Å². The number of nitrogens with one attached hydrogen (secondary N) is 1. The second kappa shape index (κ2) is 8.52. The number of fused-ring (bicyclic) bond motifs is 1. The SMILES string of the molecule is CCN(CC)c1ccc(CN2CCc3nc(C4CCCCC4)[nH]c(=O)c3C2)o1. The Balaban J connectivity index is 1.45. The Morgan fingerprint density at radius 3 is 2.75 bits per heavy atom. The van der Waals surface area contributed by atoms with Gasteiger partial charge in [0.2, 0.25) is 0 Å². The monoisotopic (exact) mass is 384 g/mol. The van der Waals surface area contributed by atoms with E-state index in [9.17, 15) is 4.79 Å². The average molecular weight is 385 g/mol. The van der Waals surface area contributed by atoms with E-state index in [0.717, 1.165) is 74.2 Å². The third kappa shape index (κ3) is 4.02. The van der Waals surface area contributed by atoms with Crippen LogP contribution in [0, 0.1) is 0 Å². The highest BCUT2D eigenvalue weighted by Crippen LogP contribution is 2.31. The molecule has 0 unspecified atom stereocenters. The second-order valence-corrected chi connectivity index (χ2v) is 8.08. The molecule has 1 aliphatic heterocycles. The minimum Gasteiger partial charge on any atom is -0.444 e. The van der Waals surface area contributed by atoms with Crippen molar-refractivity contribution in [3.63, 3.8) is 0 Å². The van der Waals surface area contributed by atoms with Crippen molar-refractivity contribution in [1.82, 2.24) is 14.9 Å². The van der Waals surface area contributed by atoms with E-state index in [0.29, 0.717) is 12.5 Å². The Labute approximate surface area is 167 Å². The number of furan rings is 1. The fourth-order valence-electron chi connectivity index (χ4n) is 4.58. The van der Waals surface area contributed by atoms with E-state index in [2.05, 4.69) is 34.7 Å². The summed E-state index contributed by atoms with van der Waals surface area (Å²) in [5.41, 5.74) is 1.89. The molecule has 1 N–H and O–H groups in total. The Morgan fingerprint density at radius 2 is 2.00 bits per heavy atom. The molecule has 0 radical (unpaired) electrons. The molecule has 28 heavy (non-hydrogen) atoms. The molecule has 3 heterocycles. The van der Waals surface area contributed by atoms with Gasteiger partial charge in [0, 0.05) is 44.6 Å². The minimum absolute atomic E-state index is 0.0542. The molecule has 0 spiro atoms. The summed E-state index contributed by atoms with van der Waals surface area (Å²) in [4.78, 5) is 25.2. The van der Waals surface area contributed by atoms with Crippen molar-refractivity contribution in [2.45, 2.75) is 71.4 Å². The smallest absolute Gasteiger partial charge is 0.255 e. The summed E-state index contributed by atoms with van der Waals surface area (Å²) < 4.78 is 6.03. The highest BCUT2D eigenvalue weighted by Gasteiger charge is 2.25. The van der Waals surface area contributed by atoms with Gasteiger partial charge < -0.3 is 14.3 Å². The molecule has 2 aliphatic rings.